The molecule has 0 aliphatic carbocycles. The Labute approximate surface area is 192 Å². The molecule has 1 fully saturated rings. The summed E-state index contributed by atoms with van der Waals surface area (Å²) in [6.07, 6.45) is -0.130. The number of halogens is 3. The van der Waals surface area contributed by atoms with Gasteiger partial charge in [0.05, 0.1) is 17.9 Å². The molecule has 9 heteroatoms. The molecule has 168 valence electrons. The highest BCUT2D eigenvalue weighted by molar-refractivity contribution is 8.15. The van der Waals surface area contributed by atoms with Gasteiger partial charge in [0, 0.05) is 6.42 Å². The summed E-state index contributed by atoms with van der Waals surface area (Å²) in [7, 11) is 0. The van der Waals surface area contributed by atoms with Gasteiger partial charge in [0.1, 0.15) is 22.7 Å². The van der Waals surface area contributed by atoms with E-state index in [-0.39, 0.29) is 29.7 Å². The predicted octanol–water partition coefficient (Wildman–Crippen LogP) is 5.26. The standard InChI is InChI=1S/C24H18F3N3O2S/c25-16-7-5-15(6-8-16)14-30-22(31)13-21(23(32)29-20-4-2-1-3-19(20)27)33-24(30)28-18-11-9-17(26)10-12-18/h1-12,21H,13-14H2,(H,29,32). The van der Waals surface area contributed by atoms with Crippen molar-refractivity contribution in [1.29, 1.82) is 0 Å². The number of hydrogen-bond acceptors (Lipinski definition) is 4. The molecule has 5 nitrogen and oxygen atoms in total. The minimum absolute atomic E-state index is 0.0151. The molecular formula is C24H18F3N3O2S. The smallest absolute Gasteiger partial charge is 0.238 e. The summed E-state index contributed by atoms with van der Waals surface area (Å²) in [5, 5.41) is 1.90. The number of aliphatic imine (C=N–C) groups is 1. The van der Waals surface area contributed by atoms with E-state index in [0.29, 0.717) is 11.3 Å². The molecule has 0 saturated carbocycles. The van der Waals surface area contributed by atoms with Crippen molar-refractivity contribution < 1.29 is 22.8 Å². The third-order valence-corrected chi connectivity index (χ3v) is 6.06. The fourth-order valence-electron chi connectivity index (χ4n) is 3.17. The summed E-state index contributed by atoms with van der Waals surface area (Å²) in [6, 6.07) is 16.8. The van der Waals surface area contributed by atoms with E-state index < -0.39 is 28.6 Å². The number of carbonyl (C=O) groups is 2. The Kier molecular flexibility index (Phi) is 6.79. The van der Waals surface area contributed by atoms with Crippen LogP contribution in [0.15, 0.2) is 77.8 Å². The lowest BCUT2D eigenvalue weighted by molar-refractivity contribution is -0.129. The highest BCUT2D eigenvalue weighted by Crippen LogP contribution is 2.31. The normalized spacial score (nSPS) is 17.3. The molecule has 1 aliphatic heterocycles. The van der Waals surface area contributed by atoms with Gasteiger partial charge in [0.15, 0.2) is 5.17 Å². The summed E-state index contributed by atoms with van der Waals surface area (Å²) in [5.74, 6) is -2.32. The number of amides is 2. The molecule has 1 heterocycles. The summed E-state index contributed by atoms with van der Waals surface area (Å²) >= 11 is 1.05. The number of anilines is 1. The van der Waals surface area contributed by atoms with Crippen LogP contribution in [0.5, 0.6) is 0 Å². The van der Waals surface area contributed by atoms with Crippen LogP contribution < -0.4 is 5.32 Å². The average molecular weight is 469 g/mol. The van der Waals surface area contributed by atoms with E-state index >= 15 is 0 Å². The number of thioether (sulfide) groups is 1. The molecule has 1 saturated heterocycles. The molecule has 1 N–H and O–H groups in total. The van der Waals surface area contributed by atoms with Crippen LogP contribution in [0, 0.1) is 17.5 Å². The van der Waals surface area contributed by atoms with Gasteiger partial charge < -0.3 is 5.32 Å². The minimum atomic E-state index is -0.847. The fourth-order valence-corrected chi connectivity index (χ4v) is 4.27. The van der Waals surface area contributed by atoms with Crippen molar-refractivity contribution in [3.05, 3.63) is 95.8 Å². The van der Waals surface area contributed by atoms with Crippen molar-refractivity contribution in [3.63, 3.8) is 0 Å². The Bertz CT molecular complexity index is 1200. The second-order valence-electron chi connectivity index (χ2n) is 7.26. The maximum Gasteiger partial charge on any atom is 0.238 e. The second kappa shape index (κ2) is 9.91. The lowest BCUT2D eigenvalue weighted by atomic mass is 10.2. The van der Waals surface area contributed by atoms with E-state index in [1.54, 1.807) is 18.2 Å². The van der Waals surface area contributed by atoms with Gasteiger partial charge in [-0.3, -0.25) is 14.5 Å². The number of amidine groups is 1. The largest absolute Gasteiger partial charge is 0.323 e. The first-order valence-corrected chi connectivity index (χ1v) is 10.9. The van der Waals surface area contributed by atoms with E-state index in [2.05, 4.69) is 10.3 Å². The minimum Gasteiger partial charge on any atom is -0.323 e. The zero-order valence-electron chi connectivity index (χ0n) is 17.2. The number of nitrogens with one attached hydrogen (secondary N) is 1. The second-order valence-corrected chi connectivity index (χ2v) is 8.43. The van der Waals surface area contributed by atoms with Crippen LogP contribution in [0.4, 0.5) is 24.5 Å². The Morgan fingerprint density at radius 3 is 2.27 bits per heavy atom. The van der Waals surface area contributed by atoms with Crippen LogP contribution >= 0.6 is 11.8 Å². The van der Waals surface area contributed by atoms with E-state index in [4.69, 9.17) is 0 Å². The molecule has 0 bridgehead atoms. The van der Waals surface area contributed by atoms with Crippen LogP contribution in [-0.2, 0) is 16.1 Å². The molecule has 4 rings (SSSR count). The Morgan fingerprint density at radius 1 is 0.970 bits per heavy atom. The first kappa shape index (κ1) is 22.6. The summed E-state index contributed by atoms with van der Waals surface area (Å²) < 4.78 is 40.5. The molecule has 1 aliphatic rings. The monoisotopic (exact) mass is 469 g/mol. The van der Waals surface area contributed by atoms with Gasteiger partial charge in [0.2, 0.25) is 11.8 Å². The lowest BCUT2D eigenvalue weighted by Gasteiger charge is -2.32. The number of nitrogens with zero attached hydrogens (tertiary/aromatic N) is 2. The molecule has 2 amide bonds. The third-order valence-electron chi connectivity index (χ3n) is 4.87. The molecule has 0 radical (unpaired) electrons. The molecular weight excluding hydrogens is 451 g/mol. The van der Waals surface area contributed by atoms with Gasteiger partial charge in [-0.1, -0.05) is 36.0 Å². The quantitative estimate of drug-likeness (QED) is 0.554. The lowest BCUT2D eigenvalue weighted by Crippen LogP contribution is -2.44. The van der Waals surface area contributed by atoms with E-state index in [1.807, 2.05) is 0 Å². The van der Waals surface area contributed by atoms with Gasteiger partial charge in [-0.05, 0) is 54.1 Å². The summed E-state index contributed by atoms with van der Waals surface area (Å²) in [6.45, 7) is 0.119. The first-order chi connectivity index (χ1) is 15.9. The van der Waals surface area contributed by atoms with Gasteiger partial charge in [-0.2, -0.15) is 0 Å². The van der Waals surface area contributed by atoms with Crippen molar-refractivity contribution >= 4 is 40.1 Å². The summed E-state index contributed by atoms with van der Waals surface area (Å²) in [5.41, 5.74) is 1.08. The Hall–Kier alpha value is -3.59. The fraction of sp³-hybridized carbons (Fsp3) is 0.125. The molecule has 0 aromatic heterocycles. The number of hydrogen-bond donors (Lipinski definition) is 1. The van der Waals surface area contributed by atoms with Gasteiger partial charge in [-0.25, -0.2) is 18.2 Å². The van der Waals surface area contributed by atoms with Crippen LogP contribution in [0.3, 0.4) is 0 Å². The van der Waals surface area contributed by atoms with E-state index in [9.17, 15) is 22.8 Å². The van der Waals surface area contributed by atoms with Crippen molar-refractivity contribution in [2.24, 2.45) is 4.99 Å². The third kappa shape index (κ3) is 5.61. The van der Waals surface area contributed by atoms with Crippen LogP contribution in [0.25, 0.3) is 0 Å². The van der Waals surface area contributed by atoms with Gasteiger partial charge in [-0.15, -0.1) is 0 Å². The maximum atomic E-state index is 13.9. The number of benzene rings is 3. The average Bonchev–Trinajstić information content (AvgIpc) is 2.80. The van der Waals surface area contributed by atoms with Gasteiger partial charge in [0.25, 0.3) is 0 Å². The van der Waals surface area contributed by atoms with Crippen LogP contribution in [0.2, 0.25) is 0 Å². The molecule has 0 spiro atoms. The topological polar surface area (TPSA) is 61.8 Å². The highest BCUT2D eigenvalue weighted by atomic mass is 32.2. The van der Waals surface area contributed by atoms with Crippen LogP contribution in [-0.4, -0.2) is 27.1 Å². The Balaban J connectivity index is 1.60. The SMILES string of the molecule is O=C(Nc1ccccc1F)C1CC(=O)N(Cc2ccc(F)cc2)C(=Nc2ccc(F)cc2)S1. The zero-order chi connectivity index (χ0) is 23.4. The highest BCUT2D eigenvalue weighted by Gasteiger charge is 2.36. The Morgan fingerprint density at radius 2 is 1.61 bits per heavy atom. The maximum absolute atomic E-state index is 13.9. The first-order valence-electron chi connectivity index (χ1n) is 10.00. The van der Waals surface area contributed by atoms with Crippen LogP contribution in [0.1, 0.15) is 12.0 Å². The summed E-state index contributed by atoms with van der Waals surface area (Å²) in [4.78, 5) is 31.6. The van der Waals surface area contributed by atoms with Crippen molar-refractivity contribution in [1.82, 2.24) is 4.90 Å². The molecule has 3 aromatic carbocycles. The molecule has 3 aromatic rings. The molecule has 1 unspecified atom stereocenters. The van der Waals surface area contributed by atoms with E-state index in [1.165, 1.54) is 59.5 Å². The number of para-hydroxylation sites is 1. The van der Waals surface area contributed by atoms with Crippen molar-refractivity contribution in [3.8, 4) is 0 Å². The van der Waals surface area contributed by atoms with Gasteiger partial charge >= 0.3 is 0 Å². The van der Waals surface area contributed by atoms with Crippen molar-refractivity contribution in [2.75, 3.05) is 5.32 Å². The number of carbonyl (C=O) groups excluding carboxylic acids is 2. The van der Waals surface area contributed by atoms with E-state index in [0.717, 1.165) is 11.8 Å². The number of rotatable bonds is 5. The molecule has 1 atom stereocenters. The zero-order valence-corrected chi connectivity index (χ0v) is 18.0. The van der Waals surface area contributed by atoms with Crippen molar-refractivity contribution in [2.45, 2.75) is 18.2 Å². The predicted molar refractivity (Wildman–Crippen MR) is 121 cm³/mol. The molecule has 33 heavy (non-hydrogen) atoms.